The Balaban J connectivity index is 1.67. The molecular formula is C9H13FN4O3. The Morgan fingerprint density at radius 1 is 1.47 bits per heavy atom. The van der Waals surface area contributed by atoms with Gasteiger partial charge in [-0.15, -0.1) is 0 Å². The summed E-state index contributed by atoms with van der Waals surface area (Å²) in [6, 6.07) is -0.817. The minimum absolute atomic E-state index is 0.00242. The molecule has 0 unspecified atom stereocenters. The lowest BCUT2D eigenvalue weighted by Gasteiger charge is -2.34. The van der Waals surface area contributed by atoms with Crippen molar-refractivity contribution in [2.45, 2.75) is 6.17 Å². The molecule has 17 heavy (non-hydrogen) atoms. The van der Waals surface area contributed by atoms with Crippen LogP contribution in [0.4, 0.5) is 14.0 Å². The van der Waals surface area contributed by atoms with Crippen LogP contribution in [0.1, 0.15) is 0 Å². The molecule has 94 valence electrons. The lowest BCUT2D eigenvalue weighted by atomic mass is 10.2. The van der Waals surface area contributed by atoms with Crippen LogP contribution in [0.2, 0.25) is 0 Å². The van der Waals surface area contributed by atoms with Crippen molar-refractivity contribution in [3.63, 3.8) is 0 Å². The summed E-state index contributed by atoms with van der Waals surface area (Å²) in [5.74, 6) is -0.308. The van der Waals surface area contributed by atoms with Gasteiger partial charge in [0.1, 0.15) is 6.17 Å². The van der Waals surface area contributed by atoms with Crippen LogP contribution in [0.25, 0.3) is 0 Å². The van der Waals surface area contributed by atoms with Crippen molar-refractivity contribution in [3.05, 3.63) is 0 Å². The van der Waals surface area contributed by atoms with Gasteiger partial charge in [-0.2, -0.15) is 0 Å². The van der Waals surface area contributed by atoms with E-state index in [-0.39, 0.29) is 44.7 Å². The summed E-state index contributed by atoms with van der Waals surface area (Å²) in [6.07, 6.45) is -0.938. The van der Waals surface area contributed by atoms with E-state index in [9.17, 15) is 18.8 Å². The lowest BCUT2D eigenvalue weighted by molar-refractivity contribution is -0.124. The Morgan fingerprint density at radius 3 is 2.71 bits per heavy atom. The first kappa shape index (κ1) is 11.6. The van der Waals surface area contributed by atoms with E-state index in [1.165, 1.54) is 4.90 Å². The Hall–Kier alpha value is -1.86. The third-order valence-corrected chi connectivity index (χ3v) is 2.67. The maximum absolute atomic E-state index is 12.5. The van der Waals surface area contributed by atoms with Crippen LogP contribution in [0.5, 0.6) is 0 Å². The zero-order valence-electron chi connectivity index (χ0n) is 9.11. The number of amides is 5. The highest BCUT2D eigenvalue weighted by atomic mass is 19.1. The van der Waals surface area contributed by atoms with E-state index in [0.29, 0.717) is 0 Å². The van der Waals surface area contributed by atoms with Crippen LogP contribution in [0.3, 0.4) is 0 Å². The number of carbonyl (C=O) groups is 3. The van der Waals surface area contributed by atoms with Crippen LogP contribution < -0.4 is 10.6 Å². The van der Waals surface area contributed by atoms with E-state index in [2.05, 4.69) is 10.6 Å². The number of alkyl halides is 1. The van der Waals surface area contributed by atoms with Crippen molar-refractivity contribution in [1.82, 2.24) is 20.4 Å². The molecule has 2 aliphatic heterocycles. The van der Waals surface area contributed by atoms with Gasteiger partial charge < -0.3 is 15.5 Å². The molecule has 0 aromatic rings. The topological polar surface area (TPSA) is 81.8 Å². The first-order chi connectivity index (χ1) is 8.08. The fraction of sp³-hybridized carbons (Fsp3) is 0.667. The maximum atomic E-state index is 12.5. The molecule has 8 heteroatoms. The highest BCUT2D eigenvalue weighted by Gasteiger charge is 2.31. The average molecular weight is 244 g/mol. The molecule has 0 spiro atoms. The number of halogens is 1. The van der Waals surface area contributed by atoms with Crippen LogP contribution in [-0.4, -0.2) is 66.7 Å². The minimum Gasteiger partial charge on any atom is -0.336 e. The number of imide groups is 1. The third-order valence-electron chi connectivity index (χ3n) is 2.67. The van der Waals surface area contributed by atoms with Crippen molar-refractivity contribution in [3.8, 4) is 0 Å². The predicted molar refractivity (Wildman–Crippen MR) is 55.0 cm³/mol. The normalized spacial score (nSPS) is 20.3. The molecule has 2 fully saturated rings. The number of nitrogens with one attached hydrogen (secondary N) is 2. The molecule has 0 atom stereocenters. The molecule has 7 nitrogen and oxygen atoms in total. The van der Waals surface area contributed by atoms with Gasteiger partial charge in [0.05, 0.1) is 19.6 Å². The monoisotopic (exact) mass is 244 g/mol. The first-order valence-corrected chi connectivity index (χ1v) is 5.33. The van der Waals surface area contributed by atoms with E-state index in [1.807, 2.05) is 0 Å². The Kier molecular flexibility index (Phi) is 3.12. The first-order valence-electron chi connectivity index (χ1n) is 5.33. The van der Waals surface area contributed by atoms with Gasteiger partial charge in [-0.1, -0.05) is 0 Å². The number of rotatable bonds is 3. The number of likely N-dealkylation sites (tertiary alicyclic amines) is 1. The molecule has 0 aromatic heterocycles. The summed E-state index contributed by atoms with van der Waals surface area (Å²) >= 11 is 0. The molecular weight excluding hydrogens is 231 g/mol. The zero-order chi connectivity index (χ0) is 12.4. The Labute approximate surface area is 96.9 Å². The molecule has 2 aliphatic rings. The second-order valence-electron chi connectivity index (χ2n) is 3.94. The van der Waals surface area contributed by atoms with Crippen LogP contribution in [0.15, 0.2) is 0 Å². The highest BCUT2D eigenvalue weighted by Crippen LogP contribution is 2.10. The fourth-order valence-electron chi connectivity index (χ4n) is 1.66. The molecule has 2 saturated heterocycles. The number of carbonyl (C=O) groups excluding carboxylic acids is 3. The van der Waals surface area contributed by atoms with Gasteiger partial charge in [0, 0.05) is 13.1 Å². The number of hydrogen-bond donors (Lipinski definition) is 2. The van der Waals surface area contributed by atoms with Gasteiger partial charge in [-0.3, -0.25) is 9.69 Å². The largest absolute Gasteiger partial charge is 0.336 e. The van der Waals surface area contributed by atoms with E-state index in [1.54, 1.807) is 0 Å². The molecule has 0 radical (unpaired) electrons. The van der Waals surface area contributed by atoms with Crippen molar-refractivity contribution < 1.29 is 18.8 Å². The fourth-order valence-corrected chi connectivity index (χ4v) is 1.66. The second-order valence-corrected chi connectivity index (χ2v) is 3.94. The van der Waals surface area contributed by atoms with Crippen LogP contribution in [0, 0.1) is 0 Å². The van der Waals surface area contributed by atoms with E-state index in [0.717, 1.165) is 4.90 Å². The zero-order valence-corrected chi connectivity index (χ0v) is 9.11. The molecule has 0 aliphatic carbocycles. The predicted octanol–water partition coefficient (Wildman–Crippen LogP) is -1.10. The summed E-state index contributed by atoms with van der Waals surface area (Å²) in [4.78, 5) is 36.0. The lowest BCUT2D eigenvalue weighted by Crippen LogP contribution is -2.55. The van der Waals surface area contributed by atoms with E-state index >= 15 is 0 Å². The van der Waals surface area contributed by atoms with Crippen LogP contribution in [-0.2, 0) is 4.79 Å². The Bertz CT molecular complexity index is 340. The molecule has 5 amide bonds. The van der Waals surface area contributed by atoms with Gasteiger partial charge >= 0.3 is 12.1 Å². The quantitative estimate of drug-likeness (QED) is 0.618. The molecule has 2 N–H and O–H groups in total. The number of nitrogens with zero attached hydrogens (tertiary/aromatic N) is 2. The van der Waals surface area contributed by atoms with Gasteiger partial charge in [0.25, 0.3) is 0 Å². The van der Waals surface area contributed by atoms with Crippen molar-refractivity contribution in [1.29, 1.82) is 0 Å². The van der Waals surface area contributed by atoms with E-state index in [4.69, 9.17) is 0 Å². The second kappa shape index (κ2) is 4.56. The van der Waals surface area contributed by atoms with Crippen LogP contribution >= 0.6 is 0 Å². The number of hydrogen-bond acceptors (Lipinski definition) is 3. The molecule has 2 rings (SSSR count). The molecule has 0 aromatic carbocycles. The van der Waals surface area contributed by atoms with Gasteiger partial charge in [-0.05, 0) is 0 Å². The van der Waals surface area contributed by atoms with Gasteiger partial charge in [0.2, 0.25) is 5.91 Å². The molecule has 2 heterocycles. The highest BCUT2D eigenvalue weighted by molar-refractivity contribution is 6.01. The SMILES string of the molecule is O=C(NCCN1C(=O)CNC1=O)N1CC(F)C1. The van der Waals surface area contributed by atoms with Gasteiger partial charge in [0.15, 0.2) is 0 Å². The smallest absolute Gasteiger partial charge is 0.324 e. The van der Waals surface area contributed by atoms with E-state index < -0.39 is 12.2 Å². The summed E-state index contributed by atoms with van der Waals surface area (Å²) < 4.78 is 12.5. The summed E-state index contributed by atoms with van der Waals surface area (Å²) in [7, 11) is 0. The summed E-state index contributed by atoms with van der Waals surface area (Å²) in [6.45, 7) is 0.515. The number of urea groups is 2. The standard InChI is InChI=1S/C9H13FN4O3/c10-6-4-13(5-6)8(16)11-1-2-14-7(15)3-12-9(14)17/h6H,1-5H2,(H,11,16)(H,12,17). The van der Waals surface area contributed by atoms with Crippen molar-refractivity contribution in [2.75, 3.05) is 32.7 Å². The molecule has 0 bridgehead atoms. The summed E-state index contributed by atoms with van der Waals surface area (Å²) in [5.41, 5.74) is 0. The van der Waals surface area contributed by atoms with Crippen molar-refractivity contribution in [2.24, 2.45) is 0 Å². The third kappa shape index (κ3) is 2.45. The molecule has 0 saturated carbocycles. The van der Waals surface area contributed by atoms with Gasteiger partial charge in [-0.25, -0.2) is 14.0 Å². The average Bonchev–Trinajstić information content (AvgIpc) is 2.56. The maximum Gasteiger partial charge on any atom is 0.324 e. The Morgan fingerprint density at radius 2 is 2.18 bits per heavy atom. The van der Waals surface area contributed by atoms with Crippen molar-refractivity contribution >= 4 is 18.0 Å². The minimum atomic E-state index is -0.938. The summed E-state index contributed by atoms with van der Waals surface area (Å²) in [5, 5.41) is 4.89.